The van der Waals surface area contributed by atoms with E-state index in [9.17, 15) is 13.2 Å². The number of carbonyl (C=O) groups is 1. The monoisotopic (exact) mass is 347 g/mol. The molecule has 0 N–H and O–H groups in total. The number of pyridine rings is 1. The summed E-state index contributed by atoms with van der Waals surface area (Å²) in [5.74, 6) is -0.370. The molecule has 1 saturated heterocycles. The van der Waals surface area contributed by atoms with Gasteiger partial charge in [-0.3, -0.25) is 9.78 Å². The fourth-order valence-electron chi connectivity index (χ4n) is 3.22. The van der Waals surface area contributed by atoms with Crippen LogP contribution < -0.4 is 4.90 Å². The first-order chi connectivity index (χ1) is 11.4. The van der Waals surface area contributed by atoms with Crippen LogP contribution >= 0.6 is 0 Å². The van der Waals surface area contributed by atoms with Gasteiger partial charge in [0.2, 0.25) is 15.9 Å². The maximum absolute atomic E-state index is 12.9. The van der Waals surface area contributed by atoms with E-state index in [2.05, 4.69) is 4.98 Å². The Hall–Kier alpha value is -1.99. The Labute approximate surface area is 142 Å². The van der Waals surface area contributed by atoms with Crippen LogP contribution in [0.25, 0.3) is 10.9 Å². The fourth-order valence-corrected chi connectivity index (χ4v) is 4.13. The molecule has 1 aliphatic rings. The number of amides is 1. The number of fused-ring (bicyclic) bond motifs is 1. The number of nitrogens with zero attached hydrogens (tertiary/aromatic N) is 3. The van der Waals surface area contributed by atoms with E-state index in [-0.39, 0.29) is 18.4 Å². The molecule has 128 valence electrons. The lowest BCUT2D eigenvalue weighted by atomic mass is 9.97. The van der Waals surface area contributed by atoms with Crippen molar-refractivity contribution in [3.05, 3.63) is 36.5 Å². The summed E-state index contributed by atoms with van der Waals surface area (Å²) in [5, 5.41) is 0.909. The molecule has 0 radical (unpaired) electrons. The quantitative estimate of drug-likeness (QED) is 0.850. The molecule has 1 atom stereocenters. The summed E-state index contributed by atoms with van der Waals surface area (Å²) in [6, 6.07) is 9.45. The van der Waals surface area contributed by atoms with Crippen LogP contribution in [0.4, 0.5) is 5.69 Å². The average molecular weight is 347 g/mol. The molecule has 24 heavy (non-hydrogen) atoms. The first kappa shape index (κ1) is 16.9. The van der Waals surface area contributed by atoms with Crippen molar-refractivity contribution in [3.8, 4) is 0 Å². The molecule has 1 amide bonds. The summed E-state index contributed by atoms with van der Waals surface area (Å²) in [4.78, 5) is 18.8. The average Bonchev–Trinajstić information content (AvgIpc) is 2.59. The van der Waals surface area contributed by atoms with Gasteiger partial charge in [0.25, 0.3) is 0 Å². The number of aromatic nitrogens is 1. The summed E-state index contributed by atoms with van der Waals surface area (Å²) in [6.07, 6.45) is 4.33. The summed E-state index contributed by atoms with van der Waals surface area (Å²) < 4.78 is 24.9. The second-order valence-electron chi connectivity index (χ2n) is 6.20. The van der Waals surface area contributed by atoms with Gasteiger partial charge in [-0.25, -0.2) is 12.7 Å². The summed E-state index contributed by atoms with van der Waals surface area (Å²) in [6.45, 7) is 0.746. The van der Waals surface area contributed by atoms with Gasteiger partial charge in [0, 0.05) is 31.7 Å². The highest BCUT2D eigenvalue weighted by molar-refractivity contribution is 7.88. The van der Waals surface area contributed by atoms with Crippen molar-refractivity contribution in [2.75, 3.05) is 31.3 Å². The van der Waals surface area contributed by atoms with Gasteiger partial charge in [-0.2, -0.15) is 0 Å². The number of hydrogen-bond acceptors (Lipinski definition) is 4. The van der Waals surface area contributed by atoms with Gasteiger partial charge in [0.1, 0.15) is 0 Å². The van der Waals surface area contributed by atoms with Crippen LogP contribution in [-0.2, 0) is 14.8 Å². The highest BCUT2D eigenvalue weighted by Gasteiger charge is 2.32. The minimum atomic E-state index is -3.26. The first-order valence-corrected chi connectivity index (χ1v) is 9.79. The molecular weight excluding hydrogens is 326 g/mol. The summed E-state index contributed by atoms with van der Waals surface area (Å²) >= 11 is 0. The van der Waals surface area contributed by atoms with Gasteiger partial charge < -0.3 is 4.90 Å². The number of carbonyl (C=O) groups excluding carboxylic acids is 1. The van der Waals surface area contributed by atoms with Crippen molar-refractivity contribution in [2.24, 2.45) is 5.92 Å². The number of hydrogen-bond donors (Lipinski definition) is 0. The van der Waals surface area contributed by atoms with Gasteiger partial charge >= 0.3 is 0 Å². The van der Waals surface area contributed by atoms with E-state index >= 15 is 0 Å². The fraction of sp³-hybridized carbons (Fsp3) is 0.412. The second-order valence-corrected chi connectivity index (χ2v) is 8.19. The molecule has 1 fully saturated rings. The Morgan fingerprint density at radius 3 is 2.83 bits per heavy atom. The van der Waals surface area contributed by atoms with E-state index in [0.717, 1.165) is 16.6 Å². The van der Waals surface area contributed by atoms with E-state index in [1.54, 1.807) is 18.1 Å². The number of sulfonamides is 1. The van der Waals surface area contributed by atoms with Crippen LogP contribution in [0.15, 0.2) is 36.5 Å². The molecule has 1 aromatic carbocycles. The van der Waals surface area contributed by atoms with Gasteiger partial charge in [-0.05, 0) is 37.1 Å². The number of rotatable bonds is 3. The highest BCUT2D eigenvalue weighted by atomic mass is 32.2. The van der Waals surface area contributed by atoms with Crippen molar-refractivity contribution in [3.63, 3.8) is 0 Å². The zero-order chi connectivity index (χ0) is 17.3. The van der Waals surface area contributed by atoms with Crippen molar-refractivity contribution in [1.82, 2.24) is 9.29 Å². The zero-order valence-corrected chi connectivity index (χ0v) is 14.7. The smallest absolute Gasteiger partial charge is 0.231 e. The predicted molar refractivity (Wildman–Crippen MR) is 94.3 cm³/mol. The lowest BCUT2D eigenvalue weighted by Gasteiger charge is -2.32. The summed E-state index contributed by atoms with van der Waals surface area (Å²) in [7, 11) is -1.53. The second kappa shape index (κ2) is 6.49. The van der Waals surface area contributed by atoms with Crippen LogP contribution in [0.3, 0.4) is 0 Å². The maximum Gasteiger partial charge on any atom is 0.231 e. The first-order valence-electron chi connectivity index (χ1n) is 7.94. The molecule has 0 spiro atoms. The normalized spacial score (nSPS) is 19.3. The molecule has 6 nitrogen and oxygen atoms in total. The third kappa shape index (κ3) is 3.27. The van der Waals surface area contributed by atoms with E-state index in [1.807, 2.05) is 30.3 Å². The van der Waals surface area contributed by atoms with E-state index in [4.69, 9.17) is 0 Å². The molecule has 0 saturated carbocycles. The molecule has 1 aromatic heterocycles. The van der Waals surface area contributed by atoms with Crippen molar-refractivity contribution in [2.45, 2.75) is 12.8 Å². The molecule has 1 unspecified atom stereocenters. The Morgan fingerprint density at radius 1 is 1.29 bits per heavy atom. The van der Waals surface area contributed by atoms with Crippen LogP contribution in [0.5, 0.6) is 0 Å². The standard InChI is InChI=1S/C17H21N3O3S/c1-19(16-9-3-8-15-14(16)7-4-10-18-15)17(21)13-6-5-11-20(12-13)24(2,22)23/h3-4,7-10,13H,5-6,11-12H2,1-2H3. The minimum Gasteiger partial charge on any atom is -0.315 e. The third-order valence-electron chi connectivity index (χ3n) is 4.52. The Kier molecular flexibility index (Phi) is 4.56. The van der Waals surface area contributed by atoms with Crippen molar-refractivity contribution < 1.29 is 13.2 Å². The molecular formula is C17H21N3O3S. The largest absolute Gasteiger partial charge is 0.315 e. The number of piperidine rings is 1. The van der Waals surface area contributed by atoms with Crippen molar-refractivity contribution >= 4 is 32.5 Å². The SMILES string of the molecule is CN(C(=O)C1CCCN(S(C)(=O)=O)C1)c1cccc2ncccc12. The Bertz CT molecular complexity index is 861. The predicted octanol–water partition coefficient (Wildman–Crippen LogP) is 1.87. The summed E-state index contributed by atoms with van der Waals surface area (Å²) in [5.41, 5.74) is 1.62. The number of anilines is 1. The van der Waals surface area contributed by atoms with Gasteiger partial charge in [0.05, 0.1) is 23.4 Å². The maximum atomic E-state index is 12.9. The Morgan fingerprint density at radius 2 is 2.08 bits per heavy atom. The molecule has 3 rings (SSSR count). The number of benzene rings is 1. The highest BCUT2D eigenvalue weighted by Crippen LogP contribution is 2.28. The topological polar surface area (TPSA) is 70.6 Å². The molecule has 2 aromatic rings. The minimum absolute atomic E-state index is 0.0558. The van der Waals surface area contributed by atoms with Crippen LogP contribution in [0.1, 0.15) is 12.8 Å². The molecule has 0 bridgehead atoms. The lowest BCUT2D eigenvalue weighted by Crippen LogP contribution is -2.45. The zero-order valence-electron chi connectivity index (χ0n) is 13.8. The van der Waals surface area contributed by atoms with Crippen LogP contribution in [0, 0.1) is 5.92 Å². The van der Waals surface area contributed by atoms with Crippen LogP contribution in [-0.4, -0.2) is 50.0 Å². The van der Waals surface area contributed by atoms with Crippen molar-refractivity contribution in [1.29, 1.82) is 0 Å². The van der Waals surface area contributed by atoms with E-state index < -0.39 is 10.0 Å². The van der Waals surface area contributed by atoms with Gasteiger partial charge in [-0.15, -0.1) is 0 Å². The molecule has 2 heterocycles. The van der Waals surface area contributed by atoms with E-state index in [1.165, 1.54) is 10.6 Å². The van der Waals surface area contributed by atoms with Crippen LogP contribution in [0.2, 0.25) is 0 Å². The molecule has 0 aliphatic carbocycles. The van der Waals surface area contributed by atoms with Gasteiger partial charge in [0.15, 0.2) is 0 Å². The molecule has 7 heteroatoms. The third-order valence-corrected chi connectivity index (χ3v) is 5.79. The molecule has 1 aliphatic heterocycles. The van der Waals surface area contributed by atoms with E-state index in [0.29, 0.717) is 19.4 Å². The lowest BCUT2D eigenvalue weighted by molar-refractivity contribution is -0.123. The Balaban J connectivity index is 1.86. The van der Waals surface area contributed by atoms with Gasteiger partial charge in [-0.1, -0.05) is 6.07 Å².